The van der Waals surface area contributed by atoms with Gasteiger partial charge < -0.3 is 30.0 Å². The molecule has 0 saturated heterocycles. The van der Waals surface area contributed by atoms with E-state index < -0.39 is 34.4 Å². The van der Waals surface area contributed by atoms with Gasteiger partial charge in [0.15, 0.2) is 18.1 Å². The van der Waals surface area contributed by atoms with Crippen LogP contribution in [0.2, 0.25) is 0 Å². The summed E-state index contributed by atoms with van der Waals surface area (Å²) in [5.74, 6) is -0.497. The van der Waals surface area contributed by atoms with Crippen LogP contribution in [-0.2, 0) is 14.4 Å². The maximum atomic E-state index is 12.6. The molecule has 2 rings (SSSR count). The van der Waals surface area contributed by atoms with Gasteiger partial charge in [-0.05, 0) is 85.2 Å². The van der Waals surface area contributed by atoms with Crippen molar-refractivity contribution in [2.24, 2.45) is 10.8 Å². The van der Waals surface area contributed by atoms with Crippen LogP contribution >= 0.6 is 0 Å². The van der Waals surface area contributed by atoms with Gasteiger partial charge in [-0.25, -0.2) is 0 Å². The number of hydrogen-bond donors (Lipinski definition) is 3. The van der Waals surface area contributed by atoms with Gasteiger partial charge in [0.05, 0.1) is 16.9 Å². The van der Waals surface area contributed by atoms with Gasteiger partial charge in [0.1, 0.15) is 5.75 Å². The second kappa shape index (κ2) is 13.1. The van der Waals surface area contributed by atoms with Crippen molar-refractivity contribution in [3.8, 4) is 17.2 Å². The first-order chi connectivity index (χ1) is 18.0. The van der Waals surface area contributed by atoms with E-state index in [9.17, 15) is 19.5 Å². The number of hydrogen-bond acceptors (Lipinski definition) is 8. The summed E-state index contributed by atoms with van der Waals surface area (Å²) in [6.45, 7) is 14.4. The first-order valence-electron chi connectivity index (χ1n) is 12.9. The Balaban J connectivity index is 2.03. The quantitative estimate of drug-likeness (QED) is 0.285. The molecule has 3 N–H and O–H groups in total. The summed E-state index contributed by atoms with van der Waals surface area (Å²) in [6, 6.07) is 13.7. The molecule has 1 atom stereocenters. The van der Waals surface area contributed by atoms with Crippen LogP contribution in [0.25, 0.3) is 0 Å². The number of β-amino-alcohol motifs (C(OH)–C–C–N with tert-alkyl or cyclic N) is 1. The fourth-order valence-corrected chi connectivity index (χ4v) is 2.99. The molecule has 39 heavy (non-hydrogen) atoms. The number of para-hydroxylation sites is 1. The smallest absolute Gasteiger partial charge is 0.316 e. The van der Waals surface area contributed by atoms with Crippen molar-refractivity contribution in [2.45, 2.75) is 67.0 Å². The van der Waals surface area contributed by atoms with Crippen molar-refractivity contribution in [3.05, 3.63) is 54.1 Å². The van der Waals surface area contributed by atoms with E-state index in [1.165, 1.54) is 12.1 Å². The maximum absolute atomic E-state index is 12.6. The van der Waals surface area contributed by atoms with Gasteiger partial charge in [-0.2, -0.15) is 0 Å². The van der Waals surface area contributed by atoms with Crippen LogP contribution in [0, 0.1) is 10.8 Å². The molecular weight excluding hydrogens is 500 g/mol. The summed E-state index contributed by atoms with van der Waals surface area (Å²) in [5, 5.41) is 16.9. The number of amides is 1. The van der Waals surface area contributed by atoms with Crippen LogP contribution in [0.1, 0.15) is 67.1 Å². The molecule has 1 unspecified atom stereocenters. The Morgan fingerprint density at radius 1 is 0.821 bits per heavy atom. The summed E-state index contributed by atoms with van der Waals surface area (Å²) in [4.78, 5) is 37.2. The van der Waals surface area contributed by atoms with Crippen molar-refractivity contribution in [1.29, 1.82) is 0 Å². The molecule has 9 nitrogen and oxygen atoms in total. The SMILES string of the molecule is CC(C)(CNC(=O)COc1ccccc1)NCC(O)c1ccc(OC(=O)C(C)(C)C)c(OC(=O)C(C)(C)C)c1. The highest BCUT2D eigenvalue weighted by Gasteiger charge is 2.29. The Bertz CT molecular complexity index is 1130. The molecule has 9 heteroatoms. The highest BCUT2D eigenvalue weighted by atomic mass is 16.6. The molecule has 0 heterocycles. The third-order valence-electron chi connectivity index (χ3n) is 5.60. The molecule has 214 valence electrons. The lowest BCUT2D eigenvalue weighted by Gasteiger charge is -2.28. The molecule has 2 aromatic carbocycles. The zero-order chi connectivity index (χ0) is 29.4. The Morgan fingerprint density at radius 2 is 1.38 bits per heavy atom. The summed E-state index contributed by atoms with van der Waals surface area (Å²) < 4.78 is 16.5. The number of carbonyl (C=O) groups is 3. The highest BCUT2D eigenvalue weighted by Crippen LogP contribution is 2.34. The third kappa shape index (κ3) is 10.7. The highest BCUT2D eigenvalue weighted by molar-refractivity contribution is 5.81. The molecule has 0 bridgehead atoms. The maximum Gasteiger partial charge on any atom is 0.316 e. The lowest BCUT2D eigenvalue weighted by atomic mass is 9.97. The van der Waals surface area contributed by atoms with E-state index >= 15 is 0 Å². The Kier molecular flexibility index (Phi) is 10.7. The van der Waals surface area contributed by atoms with Gasteiger partial charge in [-0.3, -0.25) is 14.4 Å². The monoisotopic (exact) mass is 542 g/mol. The standard InChI is InChI=1S/C30H42N2O7/c1-28(2,3)26(35)38-23-15-14-20(16-24(23)39-27(36)29(4,5)6)22(33)17-32-30(7,8)19-31-25(34)18-37-21-12-10-9-11-13-21/h9-16,22,32-33H,17-19H2,1-8H3,(H,31,34). The van der Waals surface area contributed by atoms with Gasteiger partial charge in [-0.1, -0.05) is 24.3 Å². The molecule has 0 aliphatic rings. The molecule has 2 aromatic rings. The Morgan fingerprint density at radius 3 is 1.95 bits per heavy atom. The Hall–Kier alpha value is -3.43. The van der Waals surface area contributed by atoms with Crippen LogP contribution in [0.4, 0.5) is 0 Å². The minimum absolute atomic E-state index is 0.0500. The zero-order valence-corrected chi connectivity index (χ0v) is 24.2. The van der Waals surface area contributed by atoms with Crippen LogP contribution < -0.4 is 24.8 Å². The van der Waals surface area contributed by atoms with E-state index in [1.54, 1.807) is 59.7 Å². The predicted octanol–water partition coefficient (Wildman–Crippen LogP) is 4.19. The van der Waals surface area contributed by atoms with Gasteiger partial charge in [0.2, 0.25) is 0 Å². The first-order valence-corrected chi connectivity index (χ1v) is 12.9. The summed E-state index contributed by atoms with van der Waals surface area (Å²) in [5.41, 5.74) is -1.64. The number of nitrogens with one attached hydrogen (secondary N) is 2. The number of aliphatic hydroxyl groups excluding tert-OH is 1. The van der Waals surface area contributed by atoms with Crippen LogP contribution in [0.5, 0.6) is 17.2 Å². The molecule has 0 aliphatic carbocycles. The second-order valence-corrected chi connectivity index (χ2v) is 12.1. The number of carbonyl (C=O) groups excluding carboxylic acids is 3. The number of ether oxygens (including phenoxy) is 3. The van der Waals surface area contributed by atoms with Crippen LogP contribution in [0.15, 0.2) is 48.5 Å². The zero-order valence-electron chi connectivity index (χ0n) is 24.2. The molecule has 0 aliphatic heterocycles. The average molecular weight is 543 g/mol. The molecule has 1 amide bonds. The molecule has 0 fully saturated rings. The van der Waals surface area contributed by atoms with E-state index in [2.05, 4.69) is 10.6 Å². The summed E-state index contributed by atoms with van der Waals surface area (Å²) in [7, 11) is 0. The van der Waals surface area contributed by atoms with E-state index in [0.717, 1.165) is 0 Å². The van der Waals surface area contributed by atoms with Crippen molar-refractivity contribution < 1.29 is 33.7 Å². The number of aliphatic hydroxyl groups is 1. The van der Waals surface area contributed by atoms with Crippen molar-refractivity contribution in [2.75, 3.05) is 19.7 Å². The van der Waals surface area contributed by atoms with Crippen molar-refractivity contribution in [3.63, 3.8) is 0 Å². The molecule has 0 aromatic heterocycles. The van der Waals surface area contributed by atoms with Crippen molar-refractivity contribution >= 4 is 17.8 Å². The van der Waals surface area contributed by atoms with Gasteiger partial charge in [0.25, 0.3) is 5.91 Å². The van der Waals surface area contributed by atoms with Crippen LogP contribution in [0.3, 0.4) is 0 Å². The van der Waals surface area contributed by atoms with Gasteiger partial charge >= 0.3 is 11.9 Å². The molecule has 0 saturated carbocycles. The average Bonchev–Trinajstić information content (AvgIpc) is 2.85. The molecule has 0 spiro atoms. The topological polar surface area (TPSA) is 123 Å². The Labute approximate surface area is 231 Å². The normalized spacial score (nSPS) is 12.8. The fraction of sp³-hybridized carbons (Fsp3) is 0.500. The van der Waals surface area contributed by atoms with Crippen molar-refractivity contribution in [1.82, 2.24) is 10.6 Å². The molecular formula is C30H42N2O7. The molecule has 0 radical (unpaired) electrons. The minimum Gasteiger partial charge on any atom is -0.484 e. The van der Waals surface area contributed by atoms with Gasteiger partial charge in [-0.15, -0.1) is 0 Å². The number of benzene rings is 2. The first kappa shape index (κ1) is 31.8. The largest absolute Gasteiger partial charge is 0.484 e. The van der Waals surface area contributed by atoms with E-state index in [1.807, 2.05) is 32.0 Å². The van der Waals surface area contributed by atoms with E-state index in [0.29, 0.717) is 17.9 Å². The summed E-state index contributed by atoms with van der Waals surface area (Å²) in [6.07, 6.45) is -0.971. The van der Waals surface area contributed by atoms with E-state index in [-0.39, 0.29) is 30.6 Å². The predicted molar refractivity (Wildman–Crippen MR) is 149 cm³/mol. The number of rotatable bonds is 11. The third-order valence-corrected chi connectivity index (χ3v) is 5.60. The number of esters is 2. The lowest BCUT2D eigenvalue weighted by molar-refractivity contribution is -0.145. The fourth-order valence-electron chi connectivity index (χ4n) is 2.99. The van der Waals surface area contributed by atoms with Crippen LogP contribution in [-0.4, -0.2) is 48.2 Å². The second-order valence-electron chi connectivity index (χ2n) is 12.1. The lowest BCUT2D eigenvalue weighted by Crippen LogP contribution is -2.50. The minimum atomic E-state index is -0.971. The van der Waals surface area contributed by atoms with Gasteiger partial charge in [0, 0.05) is 18.6 Å². The van der Waals surface area contributed by atoms with E-state index in [4.69, 9.17) is 14.2 Å². The summed E-state index contributed by atoms with van der Waals surface area (Å²) >= 11 is 0.